The van der Waals surface area contributed by atoms with Crippen LogP contribution in [0.4, 0.5) is 0 Å². The zero-order valence-corrected chi connectivity index (χ0v) is 13.3. The van der Waals surface area contributed by atoms with Crippen molar-refractivity contribution in [3.63, 3.8) is 0 Å². The van der Waals surface area contributed by atoms with Gasteiger partial charge in [0.15, 0.2) is 6.23 Å². The molecule has 1 aliphatic rings. The number of aliphatic hydroxyl groups excluding tert-OH is 2. The Labute approximate surface area is 132 Å². The second kappa shape index (κ2) is 7.37. The molecule has 1 aromatic heterocycles. The van der Waals surface area contributed by atoms with E-state index in [1.165, 1.54) is 13.3 Å². The van der Waals surface area contributed by atoms with Crippen molar-refractivity contribution in [1.29, 1.82) is 0 Å². The normalized spacial score (nSPS) is 28.9. The van der Waals surface area contributed by atoms with Gasteiger partial charge in [0, 0.05) is 18.9 Å². The van der Waals surface area contributed by atoms with Gasteiger partial charge in [0.05, 0.1) is 19.3 Å². The third-order valence-electron chi connectivity index (χ3n) is 3.70. The van der Waals surface area contributed by atoms with E-state index in [2.05, 4.69) is 4.98 Å². The number of nitrogens with zero attached hydrogens (tertiary/aromatic N) is 1. The summed E-state index contributed by atoms with van der Waals surface area (Å²) in [6.07, 6.45) is -2.88. The van der Waals surface area contributed by atoms with Crippen molar-refractivity contribution in [2.45, 2.75) is 44.5 Å². The molecule has 2 unspecified atom stereocenters. The van der Waals surface area contributed by atoms with E-state index in [0.717, 1.165) is 4.57 Å². The van der Waals surface area contributed by atoms with Crippen molar-refractivity contribution >= 4 is 0 Å². The van der Waals surface area contributed by atoms with E-state index in [0.29, 0.717) is 12.2 Å². The van der Waals surface area contributed by atoms with Gasteiger partial charge in [0.2, 0.25) is 0 Å². The fourth-order valence-corrected chi connectivity index (χ4v) is 2.56. The fourth-order valence-electron chi connectivity index (χ4n) is 2.56. The highest BCUT2D eigenvalue weighted by atomic mass is 16.6. The first kappa shape index (κ1) is 17.8. The number of hydrogen-bond donors (Lipinski definition) is 3. The number of aryl methyl sites for hydroxylation is 1. The van der Waals surface area contributed by atoms with Gasteiger partial charge in [-0.05, 0) is 13.8 Å². The molecule has 1 aliphatic heterocycles. The highest BCUT2D eigenvalue weighted by molar-refractivity contribution is 5.03. The zero-order valence-electron chi connectivity index (χ0n) is 13.3. The lowest BCUT2D eigenvalue weighted by molar-refractivity contribution is -0.111. The van der Waals surface area contributed by atoms with E-state index < -0.39 is 42.4 Å². The molecule has 0 saturated carbocycles. The maximum absolute atomic E-state index is 12.0. The molecule has 0 aliphatic carbocycles. The second-order valence-corrected chi connectivity index (χ2v) is 5.58. The first-order valence-corrected chi connectivity index (χ1v) is 7.29. The van der Waals surface area contributed by atoms with E-state index in [4.69, 9.17) is 14.2 Å². The standard InChI is InChI=1S/C14H22N2O7/c1-7-4-16(14(20)15-12(7)19)13-11(22-8(2)6-21-3)10(18)9(5-17)23-13/h4,8-11,13,17-18H,5-6H2,1-3H3,(H,15,19,20)/t8?,9-,10+,11?,13-/m1/s1. The number of rotatable bonds is 6. The van der Waals surface area contributed by atoms with Crippen molar-refractivity contribution in [3.8, 4) is 0 Å². The van der Waals surface area contributed by atoms with Crippen molar-refractivity contribution in [2.75, 3.05) is 20.3 Å². The number of methoxy groups -OCH3 is 1. The number of hydrogen-bond acceptors (Lipinski definition) is 7. The van der Waals surface area contributed by atoms with Gasteiger partial charge < -0.3 is 24.4 Å². The lowest BCUT2D eigenvalue weighted by Crippen LogP contribution is -2.41. The van der Waals surface area contributed by atoms with Crippen LogP contribution in [-0.4, -0.2) is 64.5 Å². The van der Waals surface area contributed by atoms with Crippen LogP contribution in [0.5, 0.6) is 0 Å². The second-order valence-electron chi connectivity index (χ2n) is 5.58. The first-order chi connectivity index (χ1) is 10.9. The van der Waals surface area contributed by atoms with E-state index in [1.54, 1.807) is 13.8 Å². The molecule has 0 aromatic carbocycles. The number of ether oxygens (including phenoxy) is 3. The molecule has 0 radical (unpaired) electrons. The van der Waals surface area contributed by atoms with Crippen LogP contribution >= 0.6 is 0 Å². The highest BCUT2D eigenvalue weighted by Gasteiger charge is 2.46. The maximum atomic E-state index is 12.0. The average Bonchev–Trinajstić information content (AvgIpc) is 2.80. The predicted molar refractivity (Wildman–Crippen MR) is 79.3 cm³/mol. The third-order valence-corrected chi connectivity index (χ3v) is 3.70. The molecular formula is C14H22N2O7. The minimum atomic E-state index is -1.12. The lowest BCUT2D eigenvalue weighted by Gasteiger charge is -2.25. The van der Waals surface area contributed by atoms with Gasteiger partial charge in [-0.3, -0.25) is 14.3 Å². The molecule has 1 aromatic rings. The largest absolute Gasteiger partial charge is 0.394 e. The fraction of sp³-hybridized carbons (Fsp3) is 0.714. The minimum absolute atomic E-state index is 0.291. The Kier molecular flexibility index (Phi) is 5.71. The van der Waals surface area contributed by atoms with Gasteiger partial charge in [0.25, 0.3) is 5.56 Å². The van der Waals surface area contributed by atoms with Gasteiger partial charge in [-0.15, -0.1) is 0 Å². The number of aromatic nitrogens is 2. The lowest BCUT2D eigenvalue weighted by atomic mass is 10.1. The van der Waals surface area contributed by atoms with Gasteiger partial charge in [0.1, 0.15) is 18.3 Å². The summed E-state index contributed by atoms with van der Waals surface area (Å²) in [5.74, 6) is 0. The van der Waals surface area contributed by atoms with Crippen LogP contribution in [0.15, 0.2) is 15.8 Å². The Bertz CT molecular complexity index is 641. The number of aliphatic hydroxyl groups is 2. The van der Waals surface area contributed by atoms with Crippen molar-refractivity contribution in [2.24, 2.45) is 0 Å². The van der Waals surface area contributed by atoms with Crippen LogP contribution in [0.3, 0.4) is 0 Å². The molecule has 9 heteroatoms. The van der Waals surface area contributed by atoms with Crippen LogP contribution in [-0.2, 0) is 14.2 Å². The topological polar surface area (TPSA) is 123 Å². The molecule has 0 bridgehead atoms. The predicted octanol–water partition coefficient (Wildman–Crippen LogP) is -1.48. The Balaban J connectivity index is 2.35. The molecule has 2 heterocycles. The van der Waals surface area contributed by atoms with E-state index in [-0.39, 0.29) is 6.10 Å². The Hall–Kier alpha value is -1.52. The smallest absolute Gasteiger partial charge is 0.330 e. The molecule has 2 rings (SSSR count). The van der Waals surface area contributed by atoms with E-state index in [1.807, 2.05) is 0 Å². The number of H-pyrrole nitrogens is 1. The van der Waals surface area contributed by atoms with Gasteiger partial charge >= 0.3 is 5.69 Å². The molecule has 3 N–H and O–H groups in total. The van der Waals surface area contributed by atoms with Gasteiger partial charge in [-0.25, -0.2) is 4.79 Å². The molecule has 130 valence electrons. The summed E-state index contributed by atoms with van der Waals surface area (Å²) >= 11 is 0. The number of aromatic amines is 1. The Morgan fingerprint density at radius 3 is 2.78 bits per heavy atom. The van der Waals surface area contributed by atoms with Crippen LogP contribution in [0.25, 0.3) is 0 Å². The molecule has 0 spiro atoms. The van der Waals surface area contributed by atoms with E-state index >= 15 is 0 Å². The Morgan fingerprint density at radius 1 is 1.48 bits per heavy atom. The molecule has 23 heavy (non-hydrogen) atoms. The molecule has 1 saturated heterocycles. The SMILES string of the molecule is COCC(C)OC1[C@@H](O)[C@@H](CO)O[C@H]1n1cc(C)c(=O)[nH]c1=O. The van der Waals surface area contributed by atoms with Crippen molar-refractivity contribution in [3.05, 3.63) is 32.6 Å². The average molecular weight is 330 g/mol. The highest BCUT2D eigenvalue weighted by Crippen LogP contribution is 2.31. The monoisotopic (exact) mass is 330 g/mol. The summed E-state index contributed by atoms with van der Waals surface area (Å²) in [5.41, 5.74) is -0.850. The van der Waals surface area contributed by atoms with Crippen LogP contribution in [0, 0.1) is 6.92 Å². The molecular weight excluding hydrogens is 308 g/mol. The molecule has 0 amide bonds. The summed E-state index contributed by atoms with van der Waals surface area (Å²) in [5, 5.41) is 19.6. The van der Waals surface area contributed by atoms with E-state index in [9.17, 15) is 19.8 Å². The Morgan fingerprint density at radius 2 is 2.17 bits per heavy atom. The minimum Gasteiger partial charge on any atom is -0.394 e. The number of nitrogens with one attached hydrogen (secondary N) is 1. The summed E-state index contributed by atoms with van der Waals surface area (Å²) in [6, 6.07) is 0. The summed E-state index contributed by atoms with van der Waals surface area (Å²) in [6.45, 7) is 3.17. The molecule has 5 atom stereocenters. The first-order valence-electron chi connectivity index (χ1n) is 7.29. The van der Waals surface area contributed by atoms with Crippen molar-refractivity contribution < 1.29 is 24.4 Å². The van der Waals surface area contributed by atoms with Crippen molar-refractivity contribution in [1.82, 2.24) is 9.55 Å². The van der Waals surface area contributed by atoms with Gasteiger partial charge in [-0.2, -0.15) is 0 Å². The van der Waals surface area contributed by atoms with Crippen LogP contribution < -0.4 is 11.2 Å². The van der Waals surface area contributed by atoms with Crippen LogP contribution in [0.2, 0.25) is 0 Å². The zero-order chi connectivity index (χ0) is 17.1. The third kappa shape index (κ3) is 3.70. The summed E-state index contributed by atoms with van der Waals surface area (Å²) in [7, 11) is 1.52. The van der Waals surface area contributed by atoms with Gasteiger partial charge in [-0.1, -0.05) is 0 Å². The summed E-state index contributed by atoms with van der Waals surface area (Å²) in [4.78, 5) is 25.7. The summed E-state index contributed by atoms with van der Waals surface area (Å²) < 4.78 is 17.4. The molecule has 9 nitrogen and oxygen atoms in total. The van der Waals surface area contributed by atoms with Crippen LogP contribution in [0.1, 0.15) is 18.7 Å². The quantitative estimate of drug-likeness (QED) is 0.581. The molecule has 1 fully saturated rings. The maximum Gasteiger partial charge on any atom is 0.330 e.